The van der Waals surface area contributed by atoms with Gasteiger partial charge in [0.1, 0.15) is 22.5 Å². The standard InChI is InChI=1S/C18H16O6/c1-22-17-11(9-19)12(20)8-13-14(17)15(21)18(23-2)16(24-13)10-6-4-3-5-7-10/h3-8,19-20H,9H2,1-2H3. The second-order valence-electron chi connectivity index (χ2n) is 5.10. The number of aromatic hydroxyl groups is 1. The van der Waals surface area contributed by atoms with Crippen molar-refractivity contribution in [2.45, 2.75) is 6.61 Å². The third-order valence-corrected chi connectivity index (χ3v) is 3.78. The van der Waals surface area contributed by atoms with E-state index >= 15 is 0 Å². The lowest BCUT2D eigenvalue weighted by atomic mass is 10.1. The zero-order valence-corrected chi connectivity index (χ0v) is 13.2. The van der Waals surface area contributed by atoms with E-state index < -0.39 is 12.0 Å². The Bertz CT molecular complexity index is 943. The molecule has 0 amide bonds. The van der Waals surface area contributed by atoms with E-state index in [2.05, 4.69) is 0 Å². The van der Waals surface area contributed by atoms with Gasteiger partial charge in [0.2, 0.25) is 11.2 Å². The molecule has 1 aromatic heterocycles. The maximum atomic E-state index is 12.9. The molecule has 6 nitrogen and oxygen atoms in total. The Labute approximate surface area is 137 Å². The Morgan fingerprint density at radius 2 is 1.75 bits per heavy atom. The number of rotatable bonds is 4. The average molecular weight is 328 g/mol. The predicted molar refractivity (Wildman–Crippen MR) is 88.6 cm³/mol. The quantitative estimate of drug-likeness (QED) is 0.765. The van der Waals surface area contributed by atoms with Gasteiger partial charge in [-0.15, -0.1) is 0 Å². The zero-order chi connectivity index (χ0) is 17.3. The van der Waals surface area contributed by atoms with Crippen LogP contribution in [-0.2, 0) is 6.61 Å². The monoisotopic (exact) mass is 328 g/mol. The molecule has 0 saturated heterocycles. The Hall–Kier alpha value is -2.99. The van der Waals surface area contributed by atoms with E-state index in [1.165, 1.54) is 20.3 Å². The number of benzene rings is 2. The predicted octanol–water partition coefficient (Wildman–Crippen LogP) is 2.68. The fourth-order valence-corrected chi connectivity index (χ4v) is 2.67. The molecule has 0 aliphatic carbocycles. The van der Waals surface area contributed by atoms with Gasteiger partial charge in [-0.2, -0.15) is 0 Å². The van der Waals surface area contributed by atoms with Crippen molar-refractivity contribution in [3.05, 3.63) is 52.2 Å². The van der Waals surface area contributed by atoms with Gasteiger partial charge in [-0.25, -0.2) is 0 Å². The third-order valence-electron chi connectivity index (χ3n) is 3.78. The van der Waals surface area contributed by atoms with Crippen LogP contribution in [0.1, 0.15) is 5.56 Å². The van der Waals surface area contributed by atoms with Gasteiger partial charge in [0.15, 0.2) is 5.76 Å². The highest BCUT2D eigenvalue weighted by atomic mass is 16.5. The molecule has 24 heavy (non-hydrogen) atoms. The average Bonchev–Trinajstić information content (AvgIpc) is 2.61. The summed E-state index contributed by atoms with van der Waals surface area (Å²) in [5, 5.41) is 19.6. The highest BCUT2D eigenvalue weighted by molar-refractivity contribution is 5.90. The Morgan fingerprint density at radius 3 is 2.33 bits per heavy atom. The topological polar surface area (TPSA) is 89.1 Å². The molecule has 0 fully saturated rings. The Balaban J connectivity index is 2.46. The van der Waals surface area contributed by atoms with Gasteiger partial charge >= 0.3 is 0 Å². The molecule has 0 saturated carbocycles. The molecule has 124 valence electrons. The number of ether oxygens (including phenoxy) is 2. The minimum atomic E-state index is -0.479. The van der Waals surface area contributed by atoms with Crippen LogP contribution in [0.5, 0.6) is 17.2 Å². The van der Waals surface area contributed by atoms with Crippen LogP contribution in [0.2, 0.25) is 0 Å². The molecule has 3 rings (SSSR count). The summed E-state index contributed by atoms with van der Waals surface area (Å²) in [4.78, 5) is 12.9. The summed E-state index contributed by atoms with van der Waals surface area (Å²) in [5.41, 5.74) is 0.486. The van der Waals surface area contributed by atoms with Gasteiger partial charge in [-0.1, -0.05) is 30.3 Å². The molecule has 3 aromatic rings. The highest BCUT2D eigenvalue weighted by Gasteiger charge is 2.23. The molecule has 2 N–H and O–H groups in total. The summed E-state index contributed by atoms with van der Waals surface area (Å²) >= 11 is 0. The van der Waals surface area contributed by atoms with Crippen LogP contribution in [0.25, 0.3) is 22.3 Å². The molecular formula is C18H16O6. The van der Waals surface area contributed by atoms with Crippen molar-refractivity contribution < 1.29 is 24.1 Å². The summed E-state index contributed by atoms with van der Waals surface area (Å²) in [7, 11) is 2.73. The molecule has 1 heterocycles. The third kappa shape index (κ3) is 2.37. The van der Waals surface area contributed by atoms with Crippen molar-refractivity contribution in [1.82, 2.24) is 0 Å². The summed E-state index contributed by atoms with van der Waals surface area (Å²) in [6.45, 7) is -0.479. The number of hydrogen-bond acceptors (Lipinski definition) is 6. The van der Waals surface area contributed by atoms with E-state index in [0.717, 1.165) is 0 Å². The first kappa shape index (κ1) is 15.9. The van der Waals surface area contributed by atoms with E-state index in [9.17, 15) is 15.0 Å². The largest absolute Gasteiger partial charge is 0.507 e. The number of phenols is 1. The lowest BCUT2D eigenvalue weighted by molar-refractivity contribution is 0.267. The summed E-state index contributed by atoms with van der Waals surface area (Å²) in [6, 6.07) is 10.3. The van der Waals surface area contributed by atoms with Crippen LogP contribution in [0.3, 0.4) is 0 Å². The van der Waals surface area contributed by atoms with Crippen molar-refractivity contribution >= 4 is 11.0 Å². The molecule has 0 aliphatic rings. The van der Waals surface area contributed by atoms with E-state index in [1.54, 1.807) is 12.1 Å². The van der Waals surface area contributed by atoms with E-state index in [1.807, 2.05) is 18.2 Å². The fraction of sp³-hybridized carbons (Fsp3) is 0.167. The number of aliphatic hydroxyl groups is 1. The van der Waals surface area contributed by atoms with E-state index in [-0.39, 0.29) is 39.5 Å². The van der Waals surface area contributed by atoms with Crippen molar-refractivity contribution in [1.29, 1.82) is 0 Å². The molecule has 2 aromatic carbocycles. The lowest BCUT2D eigenvalue weighted by Gasteiger charge is -2.14. The molecule has 0 bridgehead atoms. The number of aliphatic hydroxyl groups excluding tert-OH is 1. The Kier molecular flexibility index (Phi) is 4.14. The number of fused-ring (bicyclic) bond motifs is 1. The molecule has 0 unspecified atom stereocenters. The first-order valence-electron chi connectivity index (χ1n) is 7.22. The number of hydrogen-bond donors (Lipinski definition) is 2. The smallest absolute Gasteiger partial charge is 0.239 e. The van der Waals surface area contributed by atoms with Crippen LogP contribution < -0.4 is 14.9 Å². The van der Waals surface area contributed by atoms with Gasteiger partial charge in [-0.3, -0.25) is 4.79 Å². The number of methoxy groups -OCH3 is 2. The molecule has 0 spiro atoms. The van der Waals surface area contributed by atoms with Crippen LogP contribution >= 0.6 is 0 Å². The first-order valence-corrected chi connectivity index (χ1v) is 7.22. The van der Waals surface area contributed by atoms with Crippen molar-refractivity contribution in [2.24, 2.45) is 0 Å². The van der Waals surface area contributed by atoms with Gasteiger partial charge in [0.25, 0.3) is 0 Å². The minimum Gasteiger partial charge on any atom is -0.507 e. The van der Waals surface area contributed by atoms with Crippen LogP contribution in [-0.4, -0.2) is 24.4 Å². The summed E-state index contributed by atoms with van der Waals surface area (Å²) in [5.74, 6) is 0.142. The van der Waals surface area contributed by atoms with Crippen LogP contribution in [0.4, 0.5) is 0 Å². The van der Waals surface area contributed by atoms with Gasteiger partial charge in [-0.05, 0) is 0 Å². The second kappa shape index (κ2) is 6.25. The zero-order valence-electron chi connectivity index (χ0n) is 13.2. The van der Waals surface area contributed by atoms with E-state index in [0.29, 0.717) is 5.56 Å². The molecule has 0 radical (unpaired) electrons. The van der Waals surface area contributed by atoms with Crippen LogP contribution in [0, 0.1) is 0 Å². The molecule has 0 atom stereocenters. The first-order chi connectivity index (χ1) is 11.6. The summed E-state index contributed by atoms with van der Waals surface area (Å²) in [6.07, 6.45) is 0. The van der Waals surface area contributed by atoms with Gasteiger partial charge in [0, 0.05) is 11.6 Å². The van der Waals surface area contributed by atoms with Gasteiger partial charge in [0.05, 0.1) is 26.4 Å². The fourth-order valence-electron chi connectivity index (χ4n) is 2.67. The minimum absolute atomic E-state index is 0.0292. The SMILES string of the molecule is COc1c(-c2ccccc2)oc2cc(O)c(CO)c(OC)c2c1=O. The molecule has 6 heteroatoms. The summed E-state index contributed by atoms with van der Waals surface area (Å²) < 4.78 is 16.3. The maximum absolute atomic E-state index is 12.9. The van der Waals surface area contributed by atoms with Crippen LogP contribution in [0.15, 0.2) is 45.6 Å². The van der Waals surface area contributed by atoms with Crippen molar-refractivity contribution in [3.8, 4) is 28.6 Å². The van der Waals surface area contributed by atoms with Crippen molar-refractivity contribution in [3.63, 3.8) is 0 Å². The Morgan fingerprint density at radius 1 is 1.08 bits per heavy atom. The van der Waals surface area contributed by atoms with E-state index in [4.69, 9.17) is 13.9 Å². The molecular weight excluding hydrogens is 312 g/mol. The molecule has 0 aliphatic heterocycles. The lowest BCUT2D eigenvalue weighted by Crippen LogP contribution is -2.10. The van der Waals surface area contributed by atoms with Gasteiger partial charge < -0.3 is 24.1 Å². The highest BCUT2D eigenvalue weighted by Crippen LogP contribution is 2.39. The van der Waals surface area contributed by atoms with Crippen molar-refractivity contribution in [2.75, 3.05) is 14.2 Å². The normalized spacial score (nSPS) is 10.8. The second-order valence-corrected chi connectivity index (χ2v) is 5.10. The maximum Gasteiger partial charge on any atom is 0.239 e.